The van der Waals surface area contributed by atoms with Crippen LogP contribution in [0.3, 0.4) is 0 Å². The highest BCUT2D eigenvalue weighted by atomic mass is 16.2. The van der Waals surface area contributed by atoms with E-state index in [4.69, 9.17) is 5.73 Å². The quantitative estimate of drug-likeness (QED) is 0.484. The number of amides is 3. The summed E-state index contributed by atoms with van der Waals surface area (Å²) in [5.74, 6) is -0.567. The molecule has 3 amide bonds. The van der Waals surface area contributed by atoms with Crippen molar-refractivity contribution in [1.29, 1.82) is 0 Å². The van der Waals surface area contributed by atoms with Crippen LogP contribution in [0.4, 0.5) is 11.4 Å². The molecule has 1 heterocycles. The van der Waals surface area contributed by atoms with Crippen LogP contribution in [0.2, 0.25) is 0 Å². The Bertz CT molecular complexity index is 1240. The van der Waals surface area contributed by atoms with E-state index < -0.39 is 6.04 Å². The van der Waals surface area contributed by atoms with E-state index in [1.54, 1.807) is 47.4 Å². The molecular formula is C28H30N4O3. The maximum absolute atomic E-state index is 13.5. The van der Waals surface area contributed by atoms with Crippen LogP contribution in [0.15, 0.2) is 72.8 Å². The van der Waals surface area contributed by atoms with Gasteiger partial charge in [0.25, 0.3) is 11.8 Å². The van der Waals surface area contributed by atoms with Crippen molar-refractivity contribution < 1.29 is 14.4 Å². The monoisotopic (exact) mass is 470 g/mol. The van der Waals surface area contributed by atoms with Crippen molar-refractivity contribution in [3.05, 3.63) is 95.1 Å². The molecule has 1 unspecified atom stereocenters. The van der Waals surface area contributed by atoms with E-state index >= 15 is 0 Å². The highest BCUT2D eigenvalue weighted by Crippen LogP contribution is 2.36. The second kappa shape index (κ2) is 10.5. The zero-order chi connectivity index (χ0) is 24.9. The molecule has 0 aliphatic carbocycles. The van der Waals surface area contributed by atoms with Crippen molar-refractivity contribution in [2.45, 2.75) is 39.4 Å². The van der Waals surface area contributed by atoms with Gasteiger partial charge >= 0.3 is 0 Å². The lowest BCUT2D eigenvalue weighted by atomic mass is 9.96. The number of carbonyl (C=O) groups excluding carboxylic acids is 3. The SMILES string of the molecule is CC(C)CC1C(=O)Nc2cc(C(=O)NCc3cccc(CN)c3)ccc2N1C(=O)c1ccccc1. The number of nitrogens with zero attached hydrogens (tertiary/aromatic N) is 1. The summed E-state index contributed by atoms with van der Waals surface area (Å²) in [5.41, 5.74) is 9.56. The summed E-state index contributed by atoms with van der Waals surface area (Å²) >= 11 is 0. The molecular weight excluding hydrogens is 440 g/mol. The lowest BCUT2D eigenvalue weighted by Crippen LogP contribution is -2.51. The highest BCUT2D eigenvalue weighted by Gasteiger charge is 2.37. The summed E-state index contributed by atoms with van der Waals surface area (Å²) in [6, 6.07) is 21.0. The zero-order valence-corrected chi connectivity index (χ0v) is 20.0. The molecule has 7 nitrogen and oxygen atoms in total. The number of hydrogen-bond donors (Lipinski definition) is 3. The van der Waals surface area contributed by atoms with Gasteiger partial charge in [0, 0.05) is 24.2 Å². The molecule has 3 aromatic rings. The normalized spacial score (nSPS) is 14.9. The summed E-state index contributed by atoms with van der Waals surface area (Å²) < 4.78 is 0. The van der Waals surface area contributed by atoms with Crippen molar-refractivity contribution in [2.24, 2.45) is 11.7 Å². The molecule has 7 heteroatoms. The molecule has 0 saturated heterocycles. The van der Waals surface area contributed by atoms with Gasteiger partial charge in [-0.3, -0.25) is 19.3 Å². The number of hydrogen-bond acceptors (Lipinski definition) is 4. The number of fused-ring (bicyclic) bond motifs is 1. The van der Waals surface area contributed by atoms with Crippen LogP contribution < -0.4 is 21.3 Å². The van der Waals surface area contributed by atoms with E-state index in [2.05, 4.69) is 10.6 Å². The largest absolute Gasteiger partial charge is 0.348 e. The van der Waals surface area contributed by atoms with Gasteiger partial charge in [0.2, 0.25) is 5.91 Å². The van der Waals surface area contributed by atoms with Crippen LogP contribution >= 0.6 is 0 Å². The van der Waals surface area contributed by atoms with Gasteiger partial charge in [0.15, 0.2) is 0 Å². The van der Waals surface area contributed by atoms with Crippen molar-refractivity contribution in [3.8, 4) is 0 Å². The smallest absolute Gasteiger partial charge is 0.259 e. The van der Waals surface area contributed by atoms with E-state index in [1.807, 2.05) is 44.2 Å². The first-order chi connectivity index (χ1) is 16.9. The Morgan fingerprint density at radius 3 is 2.43 bits per heavy atom. The molecule has 1 atom stereocenters. The van der Waals surface area contributed by atoms with Gasteiger partial charge in [0.05, 0.1) is 11.4 Å². The predicted molar refractivity (Wildman–Crippen MR) is 137 cm³/mol. The van der Waals surface area contributed by atoms with Gasteiger partial charge in [0.1, 0.15) is 6.04 Å². The third-order valence-electron chi connectivity index (χ3n) is 6.00. The minimum absolute atomic E-state index is 0.209. The zero-order valence-electron chi connectivity index (χ0n) is 20.0. The Labute approximate surface area is 205 Å². The highest BCUT2D eigenvalue weighted by molar-refractivity contribution is 6.17. The molecule has 1 aliphatic heterocycles. The standard InChI is InChI=1S/C28H30N4O3/c1-18(2)13-25-27(34)31-23-15-22(26(33)30-17-20-8-6-7-19(14-20)16-29)11-12-24(23)32(25)28(35)21-9-4-3-5-10-21/h3-12,14-15,18,25H,13,16-17,29H2,1-2H3,(H,30,33)(H,31,34). The summed E-state index contributed by atoms with van der Waals surface area (Å²) in [7, 11) is 0. The average Bonchev–Trinajstić information content (AvgIpc) is 2.87. The fourth-order valence-corrected chi connectivity index (χ4v) is 4.27. The fraction of sp³-hybridized carbons (Fsp3) is 0.250. The molecule has 1 aliphatic rings. The van der Waals surface area contributed by atoms with Gasteiger partial charge in [-0.25, -0.2) is 0 Å². The molecule has 35 heavy (non-hydrogen) atoms. The van der Waals surface area contributed by atoms with Gasteiger partial charge < -0.3 is 16.4 Å². The van der Waals surface area contributed by atoms with Crippen molar-refractivity contribution >= 4 is 29.1 Å². The van der Waals surface area contributed by atoms with E-state index in [-0.39, 0.29) is 23.6 Å². The third kappa shape index (κ3) is 5.41. The van der Waals surface area contributed by atoms with Crippen molar-refractivity contribution in [1.82, 2.24) is 5.32 Å². The number of benzene rings is 3. The first-order valence-electron chi connectivity index (χ1n) is 11.8. The molecule has 180 valence electrons. The van der Waals surface area contributed by atoms with Gasteiger partial charge in [-0.1, -0.05) is 56.3 Å². The molecule has 3 aromatic carbocycles. The van der Waals surface area contributed by atoms with E-state index in [0.717, 1.165) is 11.1 Å². The maximum Gasteiger partial charge on any atom is 0.259 e. The molecule has 0 radical (unpaired) electrons. The number of nitrogens with two attached hydrogens (primary N) is 1. The number of nitrogens with one attached hydrogen (secondary N) is 2. The lowest BCUT2D eigenvalue weighted by molar-refractivity contribution is -0.117. The lowest BCUT2D eigenvalue weighted by Gasteiger charge is -2.37. The molecule has 0 bridgehead atoms. The molecule has 0 fully saturated rings. The maximum atomic E-state index is 13.5. The van der Waals surface area contributed by atoms with Crippen LogP contribution in [0, 0.1) is 5.92 Å². The van der Waals surface area contributed by atoms with Gasteiger partial charge in [-0.15, -0.1) is 0 Å². The van der Waals surface area contributed by atoms with E-state index in [0.29, 0.717) is 42.0 Å². The van der Waals surface area contributed by atoms with Gasteiger partial charge in [-0.05, 0) is 53.8 Å². The third-order valence-corrected chi connectivity index (χ3v) is 6.00. The van der Waals surface area contributed by atoms with Crippen LogP contribution in [-0.2, 0) is 17.9 Å². The molecule has 0 spiro atoms. The predicted octanol–water partition coefficient (Wildman–Crippen LogP) is 4.09. The Morgan fingerprint density at radius 1 is 0.971 bits per heavy atom. The Morgan fingerprint density at radius 2 is 1.71 bits per heavy atom. The van der Waals surface area contributed by atoms with Crippen LogP contribution in [-0.4, -0.2) is 23.8 Å². The number of anilines is 2. The Hall–Kier alpha value is -3.97. The Kier molecular flexibility index (Phi) is 7.27. The van der Waals surface area contributed by atoms with Crippen LogP contribution in [0.5, 0.6) is 0 Å². The van der Waals surface area contributed by atoms with Crippen LogP contribution in [0.1, 0.15) is 52.1 Å². The van der Waals surface area contributed by atoms with Crippen LogP contribution in [0.25, 0.3) is 0 Å². The fourth-order valence-electron chi connectivity index (χ4n) is 4.27. The van der Waals surface area contributed by atoms with Crippen molar-refractivity contribution in [2.75, 3.05) is 10.2 Å². The minimum Gasteiger partial charge on any atom is -0.348 e. The molecule has 4 rings (SSSR count). The summed E-state index contributed by atoms with van der Waals surface area (Å²) in [6.45, 7) is 4.82. The molecule has 0 saturated carbocycles. The molecule has 0 aromatic heterocycles. The summed E-state index contributed by atoms with van der Waals surface area (Å²) in [5, 5.41) is 5.82. The number of carbonyl (C=O) groups is 3. The van der Waals surface area contributed by atoms with E-state index in [1.165, 1.54) is 0 Å². The first kappa shape index (κ1) is 24.2. The second-order valence-electron chi connectivity index (χ2n) is 9.11. The topological polar surface area (TPSA) is 105 Å². The summed E-state index contributed by atoms with van der Waals surface area (Å²) in [4.78, 5) is 41.0. The minimum atomic E-state index is -0.635. The summed E-state index contributed by atoms with van der Waals surface area (Å²) in [6.07, 6.45) is 0.522. The van der Waals surface area contributed by atoms with Crippen molar-refractivity contribution in [3.63, 3.8) is 0 Å². The molecule has 4 N–H and O–H groups in total. The van der Waals surface area contributed by atoms with Gasteiger partial charge in [-0.2, -0.15) is 0 Å². The second-order valence-corrected chi connectivity index (χ2v) is 9.11. The van der Waals surface area contributed by atoms with E-state index in [9.17, 15) is 14.4 Å². The first-order valence-corrected chi connectivity index (χ1v) is 11.8. The average molecular weight is 471 g/mol. The Balaban J connectivity index is 1.61. The number of rotatable bonds is 7.